The first-order chi connectivity index (χ1) is 8.28. The Morgan fingerprint density at radius 2 is 2.06 bits per heavy atom. The lowest BCUT2D eigenvalue weighted by atomic mass is 10.2. The highest BCUT2D eigenvalue weighted by molar-refractivity contribution is 5.29. The molecule has 4 heteroatoms. The van der Waals surface area contributed by atoms with Gasteiger partial charge in [0.05, 0.1) is 6.61 Å². The number of rotatable bonds is 5. The second kappa shape index (κ2) is 5.39. The molecule has 0 unspecified atom stereocenters. The van der Waals surface area contributed by atoms with Crippen molar-refractivity contribution in [3.05, 3.63) is 41.6 Å². The van der Waals surface area contributed by atoms with Crippen molar-refractivity contribution in [3.63, 3.8) is 0 Å². The molecule has 17 heavy (non-hydrogen) atoms. The van der Waals surface area contributed by atoms with Crippen LogP contribution in [0.4, 0.5) is 5.82 Å². The Balaban J connectivity index is 1.81. The zero-order valence-corrected chi connectivity index (χ0v) is 9.94. The number of hydrogen-bond donors (Lipinski definition) is 2. The maximum Gasteiger partial charge on any atom is 0.145 e. The van der Waals surface area contributed by atoms with Crippen LogP contribution in [0.1, 0.15) is 18.2 Å². The van der Waals surface area contributed by atoms with Crippen LogP contribution in [0.3, 0.4) is 0 Å². The molecule has 1 aromatic heterocycles. The third-order valence-electron chi connectivity index (χ3n) is 2.62. The minimum Gasteiger partial charge on any atom is -0.493 e. The number of nitrogens with one attached hydrogen (secondary N) is 1. The maximum atomic E-state index is 5.63. The molecule has 0 aliphatic heterocycles. The Morgan fingerprint density at radius 1 is 1.29 bits per heavy atom. The van der Waals surface area contributed by atoms with Crippen molar-refractivity contribution in [2.45, 2.75) is 19.8 Å². The largest absolute Gasteiger partial charge is 0.493 e. The molecule has 2 rings (SSSR count). The molecule has 0 spiro atoms. The fraction of sp³-hybridized carbons (Fsp3) is 0.308. The van der Waals surface area contributed by atoms with Crippen molar-refractivity contribution in [2.75, 3.05) is 12.3 Å². The van der Waals surface area contributed by atoms with Gasteiger partial charge >= 0.3 is 0 Å². The van der Waals surface area contributed by atoms with Gasteiger partial charge in [0, 0.05) is 18.2 Å². The van der Waals surface area contributed by atoms with Gasteiger partial charge < -0.3 is 10.5 Å². The van der Waals surface area contributed by atoms with Gasteiger partial charge in [0.1, 0.15) is 11.6 Å². The molecule has 0 bridgehead atoms. The highest BCUT2D eigenvalue weighted by Gasteiger charge is 1.99. The molecular weight excluding hydrogens is 214 g/mol. The summed E-state index contributed by atoms with van der Waals surface area (Å²) in [5, 5.41) is 6.72. The standard InChI is InChI=1S/C13H17N3O/c1-2-10-3-5-12(6-4-10)17-8-7-11-9-13(14)16-15-11/h3-6,9H,2,7-8H2,1H3,(H3,14,15,16). The molecule has 1 aromatic carbocycles. The molecule has 0 fully saturated rings. The second-order valence-electron chi connectivity index (χ2n) is 3.91. The van der Waals surface area contributed by atoms with Gasteiger partial charge in [0.15, 0.2) is 0 Å². The number of anilines is 1. The Hall–Kier alpha value is -1.97. The number of aryl methyl sites for hydroxylation is 1. The Labute approximate surface area is 101 Å². The van der Waals surface area contributed by atoms with Crippen LogP contribution in [-0.4, -0.2) is 16.8 Å². The molecule has 0 radical (unpaired) electrons. The highest BCUT2D eigenvalue weighted by Crippen LogP contribution is 2.13. The summed E-state index contributed by atoms with van der Waals surface area (Å²) in [6, 6.07) is 10.00. The van der Waals surface area contributed by atoms with Crippen LogP contribution in [0.25, 0.3) is 0 Å². The minimum atomic E-state index is 0.521. The van der Waals surface area contributed by atoms with Crippen molar-refractivity contribution < 1.29 is 4.74 Å². The molecule has 0 aliphatic rings. The van der Waals surface area contributed by atoms with Crippen molar-refractivity contribution in [1.82, 2.24) is 10.2 Å². The summed E-state index contributed by atoms with van der Waals surface area (Å²) in [4.78, 5) is 0. The van der Waals surface area contributed by atoms with E-state index >= 15 is 0 Å². The lowest BCUT2D eigenvalue weighted by Gasteiger charge is -2.05. The SMILES string of the molecule is CCc1ccc(OCCc2cc(N)n[nH]2)cc1. The predicted octanol–water partition coefficient (Wildman–Crippen LogP) is 2.18. The zero-order valence-electron chi connectivity index (χ0n) is 9.94. The van der Waals surface area contributed by atoms with E-state index in [9.17, 15) is 0 Å². The smallest absolute Gasteiger partial charge is 0.145 e. The average molecular weight is 231 g/mol. The summed E-state index contributed by atoms with van der Waals surface area (Å²) in [7, 11) is 0. The molecule has 0 atom stereocenters. The summed E-state index contributed by atoms with van der Waals surface area (Å²) >= 11 is 0. The van der Waals surface area contributed by atoms with Gasteiger partial charge in [0.2, 0.25) is 0 Å². The lowest BCUT2D eigenvalue weighted by Crippen LogP contribution is -2.01. The molecule has 3 N–H and O–H groups in total. The van der Waals surface area contributed by atoms with Crippen LogP contribution in [0.5, 0.6) is 5.75 Å². The van der Waals surface area contributed by atoms with E-state index in [0.717, 1.165) is 24.3 Å². The van der Waals surface area contributed by atoms with E-state index in [-0.39, 0.29) is 0 Å². The Bertz CT molecular complexity index is 462. The third-order valence-corrected chi connectivity index (χ3v) is 2.62. The molecule has 1 heterocycles. The number of aromatic nitrogens is 2. The third kappa shape index (κ3) is 3.24. The van der Waals surface area contributed by atoms with Gasteiger partial charge in [-0.1, -0.05) is 19.1 Å². The number of benzene rings is 1. The van der Waals surface area contributed by atoms with Crippen LogP contribution >= 0.6 is 0 Å². The first-order valence-corrected chi connectivity index (χ1v) is 5.79. The summed E-state index contributed by atoms with van der Waals surface area (Å²) < 4.78 is 5.63. The van der Waals surface area contributed by atoms with E-state index in [1.54, 1.807) is 0 Å². The van der Waals surface area contributed by atoms with Gasteiger partial charge in [0.25, 0.3) is 0 Å². The summed E-state index contributed by atoms with van der Waals surface area (Å²) in [5.41, 5.74) is 7.82. The number of aromatic amines is 1. The zero-order chi connectivity index (χ0) is 12.1. The van der Waals surface area contributed by atoms with Crippen LogP contribution in [-0.2, 0) is 12.8 Å². The molecule has 0 aliphatic carbocycles. The van der Waals surface area contributed by atoms with E-state index in [1.807, 2.05) is 18.2 Å². The number of nitrogens with zero attached hydrogens (tertiary/aromatic N) is 1. The topological polar surface area (TPSA) is 63.9 Å². The predicted molar refractivity (Wildman–Crippen MR) is 68.0 cm³/mol. The summed E-state index contributed by atoms with van der Waals surface area (Å²) in [6.07, 6.45) is 1.83. The number of nitrogens with two attached hydrogens (primary N) is 1. The molecule has 90 valence electrons. The van der Waals surface area contributed by atoms with E-state index in [0.29, 0.717) is 12.4 Å². The number of hydrogen-bond acceptors (Lipinski definition) is 3. The van der Waals surface area contributed by atoms with Crippen LogP contribution in [0.15, 0.2) is 30.3 Å². The van der Waals surface area contributed by atoms with Crippen molar-refractivity contribution >= 4 is 5.82 Å². The number of H-pyrrole nitrogens is 1. The monoisotopic (exact) mass is 231 g/mol. The minimum absolute atomic E-state index is 0.521. The van der Waals surface area contributed by atoms with Crippen molar-refractivity contribution in [1.29, 1.82) is 0 Å². The summed E-state index contributed by atoms with van der Waals surface area (Å²) in [6.45, 7) is 2.76. The van der Waals surface area contributed by atoms with Gasteiger partial charge in [-0.05, 0) is 24.1 Å². The Morgan fingerprint density at radius 3 is 2.65 bits per heavy atom. The molecule has 0 saturated carbocycles. The van der Waals surface area contributed by atoms with Gasteiger partial charge in [-0.3, -0.25) is 5.10 Å². The molecular formula is C13H17N3O. The second-order valence-corrected chi connectivity index (χ2v) is 3.91. The number of nitrogen functional groups attached to an aromatic ring is 1. The van der Waals surface area contributed by atoms with E-state index in [4.69, 9.17) is 10.5 Å². The lowest BCUT2D eigenvalue weighted by molar-refractivity contribution is 0.320. The molecule has 0 amide bonds. The average Bonchev–Trinajstić information content (AvgIpc) is 2.76. The fourth-order valence-corrected chi connectivity index (χ4v) is 1.61. The van der Waals surface area contributed by atoms with Crippen LogP contribution < -0.4 is 10.5 Å². The quantitative estimate of drug-likeness (QED) is 0.829. The number of ether oxygens (including phenoxy) is 1. The van der Waals surface area contributed by atoms with Crippen LogP contribution in [0, 0.1) is 0 Å². The normalized spacial score (nSPS) is 10.4. The first-order valence-electron chi connectivity index (χ1n) is 5.79. The highest BCUT2D eigenvalue weighted by atomic mass is 16.5. The fourth-order valence-electron chi connectivity index (χ4n) is 1.61. The molecule has 2 aromatic rings. The van der Waals surface area contributed by atoms with Crippen LogP contribution in [0.2, 0.25) is 0 Å². The maximum absolute atomic E-state index is 5.63. The van der Waals surface area contributed by atoms with Gasteiger partial charge in [-0.25, -0.2) is 0 Å². The van der Waals surface area contributed by atoms with Crippen molar-refractivity contribution in [2.24, 2.45) is 0 Å². The van der Waals surface area contributed by atoms with Gasteiger partial charge in [-0.15, -0.1) is 0 Å². The van der Waals surface area contributed by atoms with E-state index in [1.165, 1.54) is 5.56 Å². The summed E-state index contributed by atoms with van der Waals surface area (Å²) in [5.74, 6) is 1.42. The Kier molecular flexibility index (Phi) is 3.65. The molecule has 0 saturated heterocycles. The van der Waals surface area contributed by atoms with E-state index < -0.39 is 0 Å². The molecule has 4 nitrogen and oxygen atoms in total. The van der Waals surface area contributed by atoms with E-state index in [2.05, 4.69) is 29.3 Å². The van der Waals surface area contributed by atoms with Gasteiger partial charge in [-0.2, -0.15) is 5.10 Å². The van der Waals surface area contributed by atoms with Crippen molar-refractivity contribution in [3.8, 4) is 5.75 Å². The first kappa shape index (κ1) is 11.5.